The number of rotatable bonds is 8. The summed E-state index contributed by atoms with van der Waals surface area (Å²) in [5.74, 6) is 0. The third-order valence-electron chi connectivity index (χ3n) is 3.53. The summed E-state index contributed by atoms with van der Waals surface area (Å²) in [7, 11) is -16.8. The molecule has 30 heavy (non-hydrogen) atoms. The largest absolute Gasteiger partial charge is 0.490 e. The molecule has 172 valence electrons. The quantitative estimate of drug-likeness (QED) is 0.200. The Morgan fingerprint density at radius 2 is 1.83 bits per heavy atom. The molecule has 0 saturated carbocycles. The topological polar surface area (TPSA) is 227 Å². The average molecular weight is 516 g/mol. The van der Waals surface area contributed by atoms with Crippen LogP contribution in [0.2, 0.25) is 0 Å². The molecule has 0 amide bonds. The number of nitrogens with zero attached hydrogens (tertiary/aromatic N) is 1. The highest BCUT2D eigenvalue weighted by Gasteiger charge is 2.47. The van der Waals surface area contributed by atoms with Crippen molar-refractivity contribution in [2.45, 2.75) is 31.5 Å². The minimum absolute atomic E-state index is 0.144. The van der Waals surface area contributed by atoms with E-state index in [2.05, 4.69) is 18.1 Å². The third kappa shape index (κ3) is 6.68. The first-order valence-corrected chi connectivity index (χ1v) is 12.5. The van der Waals surface area contributed by atoms with Crippen LogP contribution in [0.3, 0.4) is 0 Å². The van der Waals surface area contributed by atoms with Gasteiger partial charge in [0, 0.05) is 11.8 Å². The molecular formula is C10H16FN2O13P3S. The van der Waals surface area contributed by atoms with E-state index in [9.17, 15) is 32.9 Å². The van der Waals surface area contributed by atoms with Crippen molar-refractivity contribution in [1.82, 2.24) is 9.55 Å². The van der Waals surface area contributed by atoms with Crippen LogP contribution in [0.25, 0.3) is 0 Å². The Morgan fingerprint density at radius 1 is 1.23 bits per heavy atom. The van der Waals surface area contributed by atoms with E-state index in [1.165, 1.54) is 6.92 Å². The molecular weight excluding hydrogens is 500 g/mol. The number of aryl methyl sites for hydroxylation is 1. The molecule has 1 aliphatic heterocycles. The van der Waals surface area contributed by atoms with Gasteiger partial charge in [-0.3, -0.25) is 18.9 Å². The van der Waals surface area contributed by atoms with Crippen molar-refractivity contribution in [3.05, 3.63) is 26.9 Å². The summed E-state index contributed by atoms with van der Waals surface area (Å²) in [6.45, 7) is 0.340. The number of hydrogen-bond donors (Lipinski definition) is 6. The zero-order chi connectivity index (χ0) is 23.1. The molecule has 2 rings (SSSR count). The molecule has 20 heteroatoms. The van der Waals surface area contributed by atoms with E-state index in [4.69, 9.17) is 31.6 Å². The van der Waals surface area contributed by atoms with Gasteiger partial charge in [0.15, 0.2) is 17.2 Å². The SMILES string of the molecule is Cc1cn([C@H]2O[C@@H](COP(=O)(O)OP(=O)(O)OP(=O)(O)O)C(O)[C@H]2F)c(=S)[nH]c1=O. The lowest BCUT2D eigenvalue weighted by Gasteiger charge is -2.19. The second-order valence-corrected chi connectivity index (χ2v) is 10.7. The summed E-state index contributed by atoms with van der Waals surface area (Å²) >= 11 is 4.90. The minimum atomic E-state index is -5.73. The Labute approximate surface area is 171 Å². The first-order valence-electron chi connectivity index (χ1n) is 7.59. The van der Waals surface area contributed by atoms with Crippen LogP contribution in [0.5, 0.6) is 0 Å². The molecule has 1 fully saturated rings. The zero-order valence-electron chi connectivity index (χ0n) is 14.7. The molecule has 1 aromatic rings. The summed E-state index contributed by atoms with van der Waals surface area (Å²) in [5, 5.41) is 9.94. The minimum Gasteiger partial charge on any atom is -0.387 e. The van der Waals surface area contributed by atoms with Crippen molar-refractivity contribution in [2.75, 3.05) is 6.61 Å². The highest BCUT2D eigenvalue weighted by Crippen LogP contribution is 2.66. The van der Waals surface area contributed by atoms with Gasteiger partial charge in [0.2, 0.25) is 0 Å². The van der Waals surface area contributed by atoms with Crippen LogP contribution >= 0.6 is 35.7 Å². The lowest BCUT2D eigenvalue weighted by molar-refractivity contribution is -0.0475. The predicted octanol–water partition coefficient (Wildman–Crippen LogP) is 0.154. The van der Waals surface area contributed by atoms with Gasteiger partial charge < -0.3 is 29.4 Å². The fourth-order valence-corrected chi connectivity index (χ4v) is 5.59. The number of phosphoric acid groups is 3. The molecule has 0 radical (unpaired) electrons. The van der Waals surface area contributed by atoms with Gasteiger partial charge in [0.25, 0.3) is 5.56 Å². The molecule has 1 saturated heterocycles. The molecule has 15 nitrogen and oxygen atoms in total. The van der Waals surface area contributed by atoms with Crippen molar-refractivity contribution in [2.24, 2.45) is 0 Å². The van der Waals surface area contributed by atoms with Crippen molar-refractivity contribution in [1.29, 1.82) is 0 Å². The fraction of sp³-hybridized carbons (Fsp3) is 0.600. The van der Waals surface area contributed by atoms with Crippen LogP contribution in [0, 0.1) is 11.7 Å². The third-order valence-corrected chi connectivity index (χ3v) is 7.65. The lowest BCUT2D eigenvalue weighted by atomic mass is 10.1. The van der Waals surface area contributed by atoms with E-state index in [1.807, 2.05) is 0 Å². The molecule has 0 aromatic carbocycles. The summed E-state index contributed by atoms with van der Waals surface area (Å²) in [4.78, 5) is 49.1. The predicted molar refractivity (Wildman–Crippen MR) is 95.3 cm³/mol. The Hall–Kier alpha value is -0.640. The Balaban J connectivity index is 2.09. The van der Waals surface area contributed by atoms with Gasteiger partial charge in [-0.1, -0.05) is 0 Å². The van der Waals surface area contributed by atoms with Crippen LogP contribution in [0.1, 0.15) is 11.8 Å². The van der Waals surface area contributed by atoms with Gasteiger partial charge in [0.05, 0.1) is 6.61 Å². The van der Waals surface area contributed by atoms with Crippen LogP contribution in [0.15, 0.2) is 11.0 Å². The Bertz CT molecular complexity index is 1050. The average Bonchev–Trinajstić information content (AvgIpc) is 2.81. The number of aromatic nitrogens is 2. The molecule has 0 spiro atoms. The van der Waals surface area contributed by atoms with Gasteiger partial charge in [-0.05, 0) is 19.1 Å². The number of hydrogen-bond acceptors (Lipinski definition) is 10. The molecule has 6 N–H and O–H groups in total. The highest BCUT2D eigenvalue weighted by atomic mass is 32.1. The first-order chi connectivity index (χ1) is 13.5. The van der Waals surface area contributed by atoms with Crippen LogP contribution < -0.4 is 5.56 Å². The molecule has 6 atom stereocenters. The molecule has 3 unspecified atom stereocenters. The summed E-state index contributed by atoms with van der Waals surface area (Å²) < 4.78 is 65.3. The molecule has 1 aromatic heterocycles. The number of aliphatic hydroxyl groups excluding tert-OH is 1. The van der Waals surface area contributed by atoms with E-state index >= 15 is 0 Å². The first kappa shape index (κ1) is 25.6. The maximum Gasteiger partial charge on any atom is 0.490 e. The normalized spacial score (nSPS) is 28.8. The lowest BCUT2D eigenvalue weighted by Crippen LogP contribution is -2.31. The van der Waals surface area contributed by atoms with E-state index < -0.39 is 60.2 Å². The van der Waals surface area contributed by atoms with Crippen molar-refractivity contribution in [3.8, 4) is 0 Å². The van der Waals surface area contributed by atoms with Crippen LogP contribution in [-0.4, -0.2) is 59.2 Å². The fourth-order valence-electron chi connectivity index (χ4n) is 2.31. The summed E-state index contributed by atoms with van der Waals surface area (Å²) in [6, 6.07) is 0. The van der Waals surface area contributed by atoms with Crippen molar-refractivity contribution >= 4 is 35.7 Å². The number of alkyl halides is 1. The van der Waals surface area contributed by atoms with E-state index in [0.717, 1.165) is 10.8 Å². The number of halogens is 1. The molecule has 1 aliphatic rings. The van der Waals surface area contributed by atoms with E-state index in [0.29, 0.717) is 0 Å². The summed E-state index contributed by atoms with van der Waals surface area (Å²) in [5.41, 5.74) is -0.389. The number of nitrogens with one attached hydrogen (secondary N) is 1. The maximum absolute atomic E-state index is 14.5. The van der Waals surface area contributed by atoms with Crippen molar-refractivity contribution in [3.63, 3.8) is 0 Å². The number of aliphatic hydroxyl groups is 1. The number of ether oxygens (including phenoxy) is 1. The molecule has 0 bridgehead atoms. The Kier molecular flexibility index (Phi) is 7.75. The number of aromatic amines is 1. The maximum atomic E-state index is 14.5. The van der Waals surface area contributed by atoms with Gasteiger partial charge in [-0.25, -0.2) is 18.1 Å². The van der Waals surface area contributed by atoms with Gasteiger partial charge in [0.1, 0.15) is 12.2 Å². The zero-order valence-corrected chi connectivity index (χ0v) is 18.2. The number of phosphoric ester groups is 1. The molecule has 0 aliphatic carbocycles. The van der Waals surface area contributed by atoms with E-state index in [-0.39, 0.29) is 10.3 Å². The highest BCUT2D eigenvalue weighted by molar-refractivity contribution is 7.71. The van der Waals surface area contributed by atoms with Gasteiger partial charge in [-0.2, -0.15) is 8.62 Å². The van der Waals surface area contributed by atoms with Crippen molar-refractivity contribution < 1.29 is 60.6 Å². The molecule has 2 heterocycles. The summed E-state index contributed by atoms with van der Waals surface area (Å²) in [6.07, 6.45) is -6.05. The van der Waals surface area contributed by atoms with Crippen LogP contribution in [0.4, 0.5) is 4.39 Å². The Morgan fingerprint density at radius 3 is 2.40 bits per heavy atom. The van der Waals surface area contributed by atoms with E-state index in [1.54, 1.807) is 0 Å². The smallest absolute Gasteiger partial charge is 0.387 e. The van der Waals surface area contributed by atoms with Crippen LogP contribution in [-0.2, 0) is 31.6 Å². The monoisotopic (exact) mass is 516 g/mol. The van der Waals surface area contributed by atoms with Gasteiger partial charge in [-0.15, -0.1) is 0 Å². The second-order valence-electron chi connectivity index (χ2n) is 5.87. The number of H-pyrrole nitrogens is 1. The van der Waals surface area contributed by atoms with Gasteiger partial charge >= 0.3 is 23.5 Å². The standard InChI is InChI=1S/C10H16FN2O13P3S/c1-4-2-13(10(30)12-8(4)15)9-6(11)7(14)5(24-9)3-23-28(19,20)26-29(21,22)25-27(16,17)18/h2,5-7,9,14H,3H2,1H3,(H,19,20)(H,21,22)(H,12,15,30)(H2,16,17,18)/t5-,6+,7?,9-/m0/s1. The second kappa shape index (κ2) is 9.08.